The van der Waals surface area contributed by atoms with Crippen molar-refractivity contribution < 1.29 is 14.6 Å². The Labute approximate surface area is 84.6 Å². The highest BCUT2D eigenvalue weighted by Gasteiger charge is 2.38. The molecule has 4 nitrogen and oxygen atoms in total. The standard InChI is InChI=1S/C10H19NO3/c1-9(2,3)14-8(13)11-10(7-12)5-4-6-10/h12H,4-7H2,1-3H3,(H,11,13). The number of nitrogens with one attached hydrogen (secondary N) is 1. The molecule has 0 aromatic rings. The van der Waals surface area contributed by atoms with Crippen LogP contribution in [0.2, 0.25) is 0 Å². The molecule has 0 bridgehead atoms. The molecule has 2 N–H and O–H groups in total. The van der Waals surface area contributed by atoms with Crippen LogP contribution < -0.4 is 5.32 Å². The average molecular weight is 201 g/mol. The maximum atomic E-state index is 11.4. The summed E-state index contributed by atoms with van der Waals surface area (Å²) in [5.41, 5.74) is -0.896. The first kappa shape index (κ1) is 11.3. The first-order chi connectivity index (χ1) is 6.37. The van der Waals surface area contributed by atoms with Crippen LogP contribution in [0.3, 0.4) is 0 Å². The molecule has 1 aliphatic carbocycles. The molecule has 0 spiro atoms. The molecule has 14 heavy (non-hydrogen) atoms. The molecule has 1 amide bonds. The quantitative estimate of drug-likeness (QED) is 0.710. The summed E-state index contributed by atoms with van der Waals surface area (Å²) in [6.07, 6.45) is 2.29. The van der Waals surface area contributed by atoms with Crippen LogP contribution in [0.5, 0.6) is 0 Å². The Morgan fingerprint density at radius 2 is 2.07 bits per heavy atom. The van der Waals surface area contributed by atoms with Gasteiger partial charge < -0.3 is 15.2 Å². The number of hydrogen-bond donors (Lipinski definition) is 2. The summed E-state index contributed by atoms with van der Waals surface area (Å²) in [7, 11) is 0. The first-order valence-corrected chi connectivity index (χ1v) is 4.99. The monoisotopic (exact) mass is 201 g/mol. The van der Waals surface area contributed by atoms with Gasteiger partial charge in [0.15, 0.2) is 0 Å². The molecule has 0 unspecified atom stereocenters. The lowest BCUT2D eigenvalue weighted by Gasteiger charge is -2.41. The van der Waals surface area contributed by atoms with Gasteiger partial charge in [0.2, 0.25) is 0 Å². The van der Waals surface area contributed by atoms with E-state index in [4.69, 9.17) is 9.84 Å². The number of hydrogen-bond acceptors (Lipinski definition) is 3. The molecule has 1 fully saturated rings. The van der Waals surface area contributed by atoms with Gasteiger partial charge in [-0.05, 0) is 40.0 Å². The van der Waals surface area contributed by atoms with E-state index < -0.39 is 17.2 Å². The van der Waals surface area contributed by atoms with Crippen molar-refractivity contribution in [3.63, 3.8) is 0 Å². The summed E-state index contributed by atoms with van der Waals surface area (Å²) >= 11 is 0. The highest BCUT2D eigenvalue weighted by molar-refractivity contribution is 5.69. The second kappa shape index (κ2) is 3.77. The van der Waals surface area contributed by atoms with Gasteiger partial charge in [0.1, 0.15) is 5.60 Å². The summed E-state index contributed by atoms with van der Waals surface area (Å²) in [5, 5.41) is 11.8. The van der Waals surface area contributed by atoms with Crippen LogP contribution in [0.25, 0.3) is 0 Å². The van der Waals surface area contributed by atoms with Gasteiger partial charge in [-0.15, -0.1) is 0 Å². The van der Waals surface area contributed by atoms with Gasteiger partial charge in [0.05, 0.1) is 12.1 Å². The summed E-state index contributed by atoms with van der Waals surface area (Å²) in [4.78, 5) is 11.4. The van der Waals surface area contributed by atoms with E-state index in [0.717, 1.165) is 19.3 Å². The number of amides is 1. The molecule has 1 saturated carbocycles. The summed E-state index contributed by atoms with van der Waals surface area (Å²) in [6, 6.07) is 0. The lowest BCUT2D eigenvalue weighted by Crippen LogP contribution is -2.57. The minimum Gasteiger partial charge on any atom is -0.444 e. The van der Waals surface area contributed by atoms with E-state index in [1.54, 1.807) is 0 Å². The van der Waals surface area contributed by atoms with Crippen molar-refractivity contribution in [2.75, 3.05) is 6.61 Å². The Kier molecular flexibility index (Phi) is 3.04. The summed E-state index contributed by atoms with van der Waals surface area (Å²) in [5.74, 6) is 0. The lowest BCUT2D eigenvalue weighted by molar-refractivity contribution is 0.0264. The number of ether oxygens (including phenoxy) is 1. The van der Waals surface area contributed by atoms with Crippen LogP contribution in [-0.4, -0.2) is 28.9 Å². The van der Waals surface area contributed by atoms with Crippen molar-refractivity contribution in [1.82, 2.24) is 5.32 Å². The zero-order valence-electron chi connectivity index (χ0n) is 9.09. The second-order valence-corrected chi connectivity index (χ2v) is 4.92. The molecule has 4 heteroatoms. The number of aliphatic hydroxyl groups is 1. The smallest absolute Gasteiger partial charge is 0.408 e. The van der Waals surface area contributed by atoms with E-state index in [1.165, 1.54) is 0 Å². The van der Waals surface area contributed by atoms with Gasteiger partial charge in [0.25, 0.3) is 0 Å². The normalized spacial score (nSPS) is 19.7. The molecule has 0 radical (unpaired) electrons. The highest BCUT2D eigenvalue weighted by atomic mass is 16.6. The molecule has 0 atom stereocenters. The van der Waals surface area contributed by atoms with Gasteiger partial charge in [-0.1, -0.05) is 0 Å². The first-order valence-electron chi connectivity index (χ1n) is 4.99. The van der Waals surface area contributed by atoms with E-state index in [9.17, 15) is 4.79 Å². The van der Waals surface area contributed by atoms with Gasteiger partial charge >= 0.3 is 6.09 Å². The Morgan fingerprint density at radius 3 is 2.36 bits per heavy atom. The fourth-order valence-electron chi connectivity index (χ4n) is 1.45. The Bertz CT molecular complexity index is 210. The second-order valence-electron chi connectivity index (χ2n) is 4.92. The number of carbonyl (C=O) groups excluding carboxylic acids is 1. The maximum absolute atomic E-state index is 11.4. The SMILES string of the molecule is CC(C)(C)OC(=O)NC1(CO)CCC1. The molecule has 0 aromatic heterocycles. The lowest BCUT2D eigenvalue weighted by atomic mass is 9.77. The van der Waals surface area contributed by atoms with Gasteiger partial charge in [-0.25, -0.2) is 4.79 Å². The van der Waals surface area contributed by atoms with Crippen LogP contribution in [0.15, 0.2) is 0 Å². The van der Waals surface area contributed by atoms with Crippen LogP contribution in [0.1, 0.15) is 40.0 Å². The topological polar surface area (TPSA) is 58.6 Å². The molecule has 0 heterocycles. The van der Waals surface area contributed by atoms with E-state index in [1.807, 2.05) is 20.8 Å². The minimum atomic E-state index is -0.482. The number of aliphatic hydroxyl groups excluding tert-OH is 1. The average Bonchev–Trinajstić information content (AvgIpc) is 1.93. The fraction of sp³-hybridized carbons (Fsp3) is 0.900. The van der Waals surface area contributed by atoms with Crippen LogP contribution >= 0.6 is 0 Å². The van der Waals surface area contributed by atoms with Crippen molar-refractivity contribution in [3.05, 3.63) is 0 Å². The van der Waals surface area contributed by atoms with Gasteiger partial charge in [-0.3, -0.25) is 0 Å². The van der Waals surface area contributed by atoms with Gasteiger partial charge in [-0.2, -0.15) is 0 Å². The molecular weight excluding hydrogens is 182 g/mol. The maximum Gasteiger partial charge on any atom is 0.408 e. The summed E-state index contributed by atoms with van der Waals surface area (Å²) < 4.78 is 5.11. The molecule has 1 aliphatic rings. The van der Waals surface area contributed by atoms with E-state index >= 15 is 0 Å². The Morgan fingerprint density at radius 1 is 1.50 bits per heavy atom. The van der Waals surface area contributed by atoms with Crippen LogP contribution in [-0.2, 0) is 4.74 Å². The molecular formula is C10H19NO3. The van der Waals surface area contributed by atoms with E-state index in [0.29, 0.717) is 0 Å². The zero-order chi connectivity index (χ0) is 10.8. The third-order valence-electron chi connectivity index (χ3n) is 2.38. The van der Waals surface area contributed by atoms with Crippen molar-refractivity contribution in [2.45, 2.75) is 51.2 Å². The predicted molar refractivity (Wildman–Crippen MR) is 53.0 cm³/mol. The van der Waals surface area contributed by atoms with Crippen LogP contribution in [0, 0.1) is 0 Å². The Hall–Kier alpha value is -0.770. The predicted octanol–water partition coefficient (Wildman–Crippen LogP) is 1.43. The highest BCUT2D eigenvalue weighted by Crippen LogP contribution is 2.31. The molecule has 82 valence electrons. The fourth-order valence-corrected chi connectivity index (χ4v) is 1.45. The van der Waals surface area contributed by atoms with E-state index in [-0.39, 0.29) is 6.61 Å². The third kappa shape index (κ3) is 2.87. The van der Waals surface area contributed by atoms with Crippen molar-refractivity contribution in [3.8, 4) is 0 Å². The van der Waals surface area contributed by atoms with Crippen LogP contribution in [0.4, 0.5) is 4.79 Å². The number of rotatable bonds is 2. The Balaban J connectivity index is 2.40. The van der Waals surface area contributed by atoms with E-state index in [2.05, 4.69) is 5.32 Å². The molecule has 0 aromatic carbocycles. The third-order valence-corrected chi connectivity index (χ3v) is 2.38. The summed E-state index contributed by atoms with van der Waals surface area (Å²) in [6.45, 7) is 5.45. The minimum absolute atomic E-state index is 0.00770. The number of alkyl carbamates (subject to hydrolysis) is 1. The molecule has 0 aliphatic heterocycles. The van der Waals surface area contributed by atoms with Crippen molar-refractivity contribution in [2.24, 2.45) is 0 Å². The van der Waals surface area contributed by atoms with Crippen molar-refractivity contribution in [1.29, 1.82) is 0 Å². The largest absolute Gasteiger partial charge is 0.444 e. The zero-order valence-corrected chi connectivity index (χ0v) is 9.09. The number of carbonyl (C=O) groups is 1. The van der Waals surface area contributed by atoms with Gasteiger partial charge in [0, 0.05) is 0 Å². The molecule has 1 rings (SSSR count). The molecule has 0 saturated heterocycles. The van der Waals surface area contributed by atoms with Crippen molar-refractivity contribution >= 4 is 6.09 Å².